The Morgan fingerprint density at radius 2 is 1.30 bits per heavy atom. The van der Waals surface area contributed by atoms with Crippen LogP contribution in [0.3, 0.4) is 0 Å². The lowest BCUT2D eigenvalue weighted by atomic mass is 9.98. The Hall–Kier alpha value is -2.55. The molecule has 118 valence electrons. The van der Waals surface area contributed by atoms with Gasteiger partial charge in [0.25, 0.3) is 5.79 Å². The Balaban J connectivity index is 2.20. The van der Waals surface area contributed by atoms with Crippen molar-refractivity contribution in [3.63, 3.8) is 0 Å². The summed E-state index contributed by atoms with van der Waals surface area (Å²) in [7, 11) is 0. The van der Waals surface area contributed by atoms with Gasteiger partial charge in [0.15, 0.2) is 0 Å². The molecule has 0 bridgehead atoms. The number of hydrogen-bond donors (Lipinski definition) is 0. The Morgan fingerprint density at radius 3 is 1.83 bits per heavy atom. The molecule has 2 aromatic rings. The summed E-state index contributed by atoms with van der Waals surface area (Å²) in [5.74, 6) is -0.623. The lowest BCUT2D eigenvalue weighted by Crippen LogP contribution is -2.40. The number of cyclic esters (lactones) is 1. The van der Waals surface area contributed by atoms with Crippen molar-refractivity contribution < 1.29 is 14.3 Å². The third kappa shape index (κ3) is 2.87. The van der Waals surface area contributed by atoms with Crippen LogP contribution in [-0.2, 0) is 14.3 Å². The summed E-state index contributed by atoms with van der Waals surface area (Å²) in [6, 6.07) is 19.2. The molecule has 0 fully saturated rings. The standard InChI is InChI=1S/C20H20O3/c1-3-20(4-2)22-18(16-13-9-6-10-14-16)17(19(21)23-20)15-11-7-5-8-12-15/h5-14H,3-4H2,1-2H3. The molecule has 0 N–H and O–H groups in total. The van der Waals surface area contributed by atoms with Crippen molar-refractivity contribution in [2.24, 2.45) is 0 Å². The Bertz CT molecular complexity index is 713. The van der Waals surface area contributed by atoms with Crippen LogP contribution in [0.2, 0.25) is 0 Å². The minimum atomic E-state index is -0.888. The van der Waals surface area contributed by atoms with Crippen LogP contribution in [0.15, 0.2) is 60.7 Å². The second-order valence-electron chi connectivity index (χ2n) is 5.55. The molecule has 0 saturated carbocycles. The Morgan fingerprint density at radius 1 is 0.783 bits per heavy atom. The van der Waals surface area contributed by atoms with Gasteiger partial charge in [-0.25, -0.2) is 4.79 Å². The summed E-state index contributed by atoms with van der Waals surface area (Å²) < 4.78 is 11.9. The van der Waals surface area contributed by atoms with Crippen molar-refractivity contribution in [2.75, 3.05) is 0 Å². The molecule has 1 aliphatic heterocycles. The van der Waals surface area contributed by atoms with Crippen LogP contribution in [0.25, 0.3) is 11.3 Å². The van der Waals surface area contributed by atoms with Gasteiger partial charge in [-0.2, -0.15) is 0 Å². The zero-order chi connectivity index (χ0) is 16.3. The van der Waals surface area contributed by atoms with E-state index in [1.165, 1.54) is 0 Å². The fourth-order valence-electron chi connectivity index (χ4n) is 2.76. The molecule has 0 aliphatic carbocycles. The summed E-state index contributed by atoms with van der Waals surface area (Å²) >= 11 is 0. The van der Waals surface area contributed by atoms with Crippen LogP contribution < -0.4 is 0 Å². The van der Waals surface area contributed by atoms with E-state index in [2.05, 4.69) is 0 Å². The first-order valence-electron chi connectivity index (χ1n) is 7.96. The molecule has 0 aromatic heterocycles. The number of ether oxygens (including phenoxy) is 2. The number of carbonyl (C=O) groups excluding carboxylic acids is 1. The Kier molecular flexibility index (Phi) is 4.20. The quantitative estimate of drug-likeness (QED) is 0.772. The topological polar surface area (TPSA) is 35.5 Å². The fourth-order valence-corrected chi connectivity index (χ4v) is 2.76. The molecular weight excluding hydrogens is 288 g/mol. The first-order valence-corrected chi connectivity index (χ1v) is 7.96. The van der Waals surface area contributed by atoms with Crippen LogP contribution in [0.5, 0.6) is 0 Å². The molecule has 0 saturated heterocycles. The average molecular weight is 308 g/mol. The van der Waals surface area contributed by atoms with Gasteiger partial charge in [0, 0.05) is 18.4 Å². The third-order valence-corrected chi connectivity index (χ3v) is 4.17. The van der Waals surface area contributed by atoms with E-state index in [1.807, 2.05) is 74.5 Å². The van der Waals surface area contributed by atoms with Crippen molar-refractivity contribution in [2.45, 2.75) is 32.5 Å². The molecular formula is C20H20O3. The molecule has 0 spiro atoms. The number of rotatable bonds is 4. The average Bonchev–Trinajstić information content (AvgIpc) is 2.62. The van der Waals surface area contributed by atoms with Gasteiger partial charge in [-0.05, 0) is 5.56 Å². The highest BCUT2D eigenvalue weighted by Gasteiger charge is 2.41. The van der Waals surface area contributed by atoms with E-state index in [9.17, 15) is 4.79 Å². The molecule has 0 unspecified atom stereocenters. The molecule has 2 aromatic carbocycles. The van der Waals surface area contributed by atoms with E-state index in [0.717, 1.165) is 11.1 Å². The predicted octanol–water partition coefficient (Wildman–Crippen LogP) is 4.64. The van der Waals surface area contributed by atoms with Crippen LogP contribution in [-0.4, -0.2) is 11.8 Å². The summed E-state index contributed by atoms with van der Waals surface area (Å²) in [5, 5.41) is 0. The van der Waals surface area contributed by atoms with Gasteiger partial charge < -0.3 is 9.47 Å². The lowest BCUT2D eigenvalue weighted by molar-refractivity contribution is -0.208. The van der Waals surface area contributed by atoms with Crippen molar-refractivity contribution >= 4 is 17.3 Å². The maximum absolute atomic E-state index is 12.8. The molecule has 0 radical (unpaired) electrons. The van der Waals surface area contributed by atoms with E-state index in [4.69, 9.17) is 9.47 Å². The van der Waals surface area contributed by atoms with Crippen LogP contribution in [0.1, 0.15) is 37.8 Å². The van der Waals surface area contributed by atoms with Crippen molar-refractivity contribution in [1.82, 2.24) is 0 Å². The van der Waals surface area contributed by atoms with Crippen LogP contribution in [0.4, 0.5) is 0 Å². The molecule has 0 amide bonds. The molecule has 23 heavy (non-hydrogen) atoms. The number of hydrogen-bond acceptors (Lipinski definition) is 3. The van der Waals surface area contributed by atoms with Crippen LogP contribution >= 0.6 is 0 Å². The first kappa shape index (κ1) is 15.3. The second kappa shape index (κ2) is 6.29. The highest BCUT2D eigenvalue weighted by molar-refractivity contribution is 6.24. The monoisotopic (exact) mass is 308 g/mol. The minimum Gasteiger partial charge on any atom is -0.451 e. The fraction of sp³-hybridized carbons (Fsp3) is 0.250. The highest BCUT2D eigenvalue weighted by atomic mass is 16.7. The van der Waals surface area contributed by atoms with E-state index in [1.54, 1.807) is 0 Å². The van der Waals surface area contributed by atoms with Gasteiger partial charge in [-0.15, -0.1) is 0 Å². The van der Waals surface area contributed by atoms with E-state index in [-0.39, 0.29) is 5.97 Å². The SMILES string of the molecule is CCC1(CC)OC(=O)C(c2ccccc2)=C(c2ccccc2)O1. The molecule has 3 heteroatoms. The molecule has 1 heterocycles. The van der Waals surface area contributed by atoms with Crippen molar-refractivity contribution in [3.05, 3.63) is 71.8 Å². The Labute approximate surface area is 136 Å². The van der Waals surface area contributed by atoms with Gasteiger partial charge in [0.1, 0.15) is 11.3 Å². The van der Waals surface area contributed by atoms with E-state index in [0.29, 0.717) is 24.2 Å². The lowest BCUT2D eigenvalue weighted by Gasteiger charge is -2.37. The number of esters is 1. The van der Waals surface area contributed by atoms with Gasteiger partial charge in [-0.3, -0.25) is 0 Å². The molecule has 3 nitrogen and oxygen atoms in total. The summed E-state index contributed by atoms with van der Waals surface area (Å²) in [6.07, 6.45) is 1.21. The summed E-state index contributed by atoms with van der Waals surface area (Å²) in [6.45, 7) is 3.93. The maximum Gasteiger partial charge on any atom is 0.345 e. The van der Waals surface area contributed by atoms with Gasteiger partial charge in [0.2, 0.25) is 0 Å². The van der Waals surface area contributed by atoms with Gasteiger partial charge in [0.05, 0.1) is 0 Å². The zero-order valence-electron chi connectivity index (χ0n) is 13.4. The van der Waals surface area contributed by atoms with Gasteiger partial charge in [-0.1, -0.05) is 74.5 Å². The smallest absolute Gasteiger partial charge is 0.345 e. The normalized spacial score (nSPS) is 16.7. The van der Waals surface area contributed by atoms with Crippen molar-refractivity contribution in [3.8, 4) is 0 Å². The van der Waals surface area contributed by atoms with Gasteiger partial charge >= 0.3 is 5.97 Å². The van der Waals surface area contributed by atoms with Crippen molar-refractivity contribution in [1.29, 1.82) is 0 Å². The number of benzene rings is 2. The third-order valence-electron chi connectivity index (χ3n) is 4.17. The molecule has 1 aliphatic rings. The summed E-state index contributed by atoms with van der Waals surface area (Å²) in [4.78, 5) is 12.8. The minimum absolute atomic E-state index is 0.329. The molecule has 0 atom stereocenters. The van der Waals surface area contributed by atoms with E-state index < -0.39 is 5.79 Å². The predicted molar refractivity (Wildman–Crippen MR) is 90.2 cm³/mol. The maximum atomic E-state index is 12.8. The molecule has 3 rings (SSSR count). The van der Waals surface area contributed by atoms with E-state index >= 15 is 0 Å². The highest BCUT2D eigenvalue weighted by Crippen LogP contribution is 2.40. The largest absolute Gasteiger partial charge is 0.451 e. The summed E-state index contributed by atoms with van der Waals surface area (Å²) in [5.41, 5.74) is 2.17. The number of carbonyl (C=O) groups is 1. The zero-order valence-corrected chi connectivity index (χ0v) is 13.4. The second-order valence-corrected chi connectivity index (χ2v) is 5.55. The first-order chi connectivity index (χ1) is 11.2. The van der Waals surface area contributed by atoms with Crippen LogP contribution in [0, 0.1) is 0 Å².